The molecule has 0 fully saturated rings. The first-order valence-corrected chi connectivity index (χ1v) is 7.12. The maximum absolute atomic E-state index is 6.45. The van der Waals surface area contributed by atoms with Gasteiger partial charge in [0.1, 0.15) is 0 Å². The first kappa shape index (κ1) is 14.4. The quantitative estimate of drug-likeness (QED) is 0.620. The highest BCUT2D eigenvalue weighted by Crippen LogP contribution is 2.29. The van der Waals surface area contributed by atoms with Crippen LogP contribution in [-0.2, 0) is 0 Å². The molecule has 0 radical (unpaired) electrons. The number of benzene rings is 2. The Bertz CT molecular complexity index is 499. The molecule has 0 aromatic heterocycles. The van der Waals surface area contributed by atoms with E-state index in [2.05, 4.69) is 54.5 Å². The number of nitrogens with two attached hydrogens (primary N) is 1. The van der Waals surface area contributed by atoms with E-state index in [9.17, 15) is 0 Å². The van der Waals surface area contributed by atoms with Crippen molar-refractivity contribution in [2.45, 2.75) is 31.2 Å². The summed E-state index contributed by atoms with van der Waals surface area (Å²) >= 11 is 0. The smallest absolute Gasteiger partial charge is 0.0241 e. The highest BCUT2D eigenvalue weighted by molar-refractivity contribution is 5.34. The van der Waals surface area contributed by atoms with E-state index in [0.29, 0.717) is 0 Å². The van der Waals surface area contributed by atoms with Crippen molar-refractivity contribution < 1.29 is 0 Å². The summed E-state index contributed by atoms with van der Waals surface area (Å²) in [5.41, 5.74) is 8.99. The molecule has 0 amide bonds. The average molecular weight is 263 g/mol. The molecule has 1 unspecified atom stereocenters. The number of rotatable bonds is 6. The SMILES string of the molecule is C#CCCCC(N)C(c1ccccc1)c1ccccc1. The number of unbranched alkanes of at least 4 members (excludes halogenated alkanes) is 1. The molecular weight excluding hydrogens is 242 g/mol. The van der Waals surface area contributed by atoms with Crippen LogP contribution in [-0.4, -0.2) is 6.04 Å². The van der Waals surface area contributed by atoms with Crippen LogP contribution in [0.5, 0.6) is 0 Å². The molecule has 0 heterocycles. The zero-order valence-electron chi connectivity index (χ0n) is 11.7. The normalized spacial score (nSPS) is 12.1. The Balaban J connectivity index is 2.23. The summed E-state index contributed by atoms with van der Waals surface area (Å²) in [6.45, 7) is 0. The summed E-state index contributed by atoms with van der Waals surface area (Å²) in [4.78, 5) is 0. The fourth-order valence-corrected chi connectivity index (χ4v) is 2.61. The molecule has 0 spiro atoms. The predicted octanol–water partition coefficient (Wildman–Crippen LogP) is 3.95. The Kier molecular flexibility index (Phi) is 5.41. The van der Waals surface area contributed by atoms with Crippen molar-refractivity contribution in [1.82, 2.24) is 0 Å². The molecule has 0 aliphatic heterocycles. The second kappa shape index (κ2) is 7.53. The molecule has 2 rings (SSSR count). The van der Waals surface area contributed by atoms with Gasteiger partial charge in [0, 0.05) is 18.4 Å². The molecule has 1 heteroatoms. The standard InChI is InChI=1S/C19H21N/c1-2-3-6-15-18(20)19(16-11-7-4-8-12-16)17-13-9-5-10-14-17/h1,4-5,7-14,18-19H,3,6,15,20H2. The first-order chi connectivity index (χ1) is 9.83. The van der Waals surface area contributed by atoms with Crippen molar-refractivity contribution in [3.05, 3.63) is 71.8 Å². The third-order valence-corrected chi connectivity index (χ3v) is 3.60. The minimum absolute atomic E-state index is 0.0909. The monoisotopic (exact) mass is 263 g/mol. The minimum Gasteiger partial charge on any atom is -0.327 e. The second-order valence-corrected chi connectivity index (χ2v) is 5.06. The van der Waals surface area contributed by atoms with Gasteiger partial charge in [0.05, 0.1) is 0 Å². The summed E-state index contributed by atoms with van der Waals surface area (Å²) in [5, 5.41) is 0. The third-order valence-electron chi connectivity index (χ3n) is 3.60. The Morgan fingerprint density at radius 1 is 0.900 bits per heavy atom. The Labute approximate surface area is 121 Å². The Hall–Kier alpha value is -2.04. The Morgan fingerprint density at radius 3 is 1.85 bits per heavy atom. The lowest BCUT2D eigenvalue weighted by Crippen LogP contribution is -2.29. The van der Waals surface area contributed by atoms with E-state index in [1.807, 2.05) is 12.1 Å². The number of hydrogen-bond acceptors (Lipinski definition) is 1. The lowest BCUT2D eigenvalue weighted by Gasteiger charge is -2.25. The lowest BCUT2D eigenvalue weighted by molar-refractivity contribution is 0.535. The molecule has 1 atom stereocenters. The maximum Gasteiger partial charge on any atom is 0.0241 e. The van der Waals surface area contributed by atoms with Gasteiger partial charge in [-0.3, -0.25) is 0 Å². The van der Waals surface area contributed by atoms with Crippen molar-refractivity contribution in [1.29, 1.82) is 0 Å². The van der Waals surface area contributed by atoms with Crippen LogP contribution >= 0.6 is 0 Å². The van der Waals surface area contributed by atoms with Gasteiger partial charge in [-0.05, 0) is 24.0 Å². The van der Waals surface area contributed by atoms with Gasteiger partial charge in [0.25, 0.3) is 0 Å². The van der Waals surface area contributed by atoms with E-state index >= 15 is 0 Å². The molecule has 102 valence electrons. The van der Waals surface area contributed by atoms with Gasteiger partial charge >= 0.3 is 0 Å². The van der Waals surface area contributed by atoms with Crippen LogP contribution in [0.4, 0.5) is 0 Å². The molecule has 0 aliphatic carbocycles. The molecule has 0 saturated heterocycles. The predicted molar refractivity (Wildman–Crippen MR) is 85.4 cm³/mol. The van der Waals surface area contributed by atoms with Crippen LogP contribution < -0.4 is 5.73 Å². The summed E-state index contributed by atoms with van der Waals surface area (Å²) < 4.78 is 0. The number of hydrogen-bond donors (Lipinski definition) is 1. The van der Waals surface area contributed by atoms with Crippen LogP contribution in [0.1, 0.15) is 36.3 Å². The van der Waals surface area contributed by atoms with Crippen molar-refractivity contribution in [3.63, 3.8) is 0 Å². The van der Waals surface area contributed by atoms with Crippen molar-refractivity contribution in [3.8, 4) is 12.3 Å². The van der Waals surface area contributed by atoms with E-state index in [-0.39, 0.29) is 12.0 Å². The van der Waals surface area contributed by atoms with E-state index in [4.69, 9.17) is 12.2 Å². The van der Waals surface area contributed by atoms with Gasteiger partial charge in [0.2, 0.25) is 0 Å². The molecule has 0 aliphatic rings. The highest BCUT2D eigenvalue weighted by Gasteiger charge is 2.21. The van der Waals surface area contributed by atoms with Gasteiger partial charge in [0.15, 0.2) is 0 Å². The van der Waals surface area contributed by atoms with E-state index in [1.54, 1.807) is 0 Å². The fourth-order valence-electron chi connectivity index (χ4n) is 2.61. The molecular formula is C19H21N. The van der Waals surface area contributed by atoms with E-state index < -0.39 is 0 Å². The summed E-state index contributed by atoms with van der Waals surface area (Å²) in [7, 11) is 0. The van der Waals surface area contributed by atoms with Gasteiger partial charge < -0.3 is 5.73 Å². The summed E-state index contributed by atoms with van der Waals surface area (Å²) in [6, 6.07) is 21.0. The molecule has 2 N–H and O–H groups in total. The zero-order valence-corrected chi connectivity index (χ0v) is 11.7. The highest BCUT2D eigenvalue weighted by atomic mass is 14.6. The van der Waals surface area contributed by atoms with Gasteiger partial charge in [-0.15, -0.1) is 12.3 Å². The molecule has 1 nitrogen and oxygen atoms in total. The first-order valence-electron chi connectivity index (χ1n) is 7.12. The van der Waals surface area contributed by atoms with Crippen LogP contribution in [0.2, 0.25) is 0 Å². The van der Waals surface area contributed by atoms with Gasteiger partial charge in [-0.2, -0.15) is 0 Å². The molecule has 2 aromatic carbocycles. The largest absolute Gasteiger partial charge is 0.327 e. The number of terminal acetylenes is 1. The van der Waals surface area contributed by atoms with Crippen LogP contribution in [0.15, 0.2) is 60.7 Å². The van der Waals surface area contributed by atoms with Crippen LogP contribution in [0.25, 0.3) is 0 Å². The van der Waals surface area contributed by atoms with Crippen LogP contribution in [0.3, 0.4) is 0 Å². The minimum atomic E-state index is 0.0909. The molecule has 0 saturated carbocycles. The molecule has 20 heavy (non-hydrogen) atoms. The van der Waals surface area contributed by atoms with Crippen LogP contribution in [0, 0.1) is 12.3 Å². The molecule has 2 aromatic rings. The summed E-state index contributed by atoms with van der Waals surface area (Å²) in [5.74, 6) is 2.92. The topological polar surface area (TPSA) is 26.0 Å². The summed E-state index contributed by atoms with van der Waals surface area (Å²) in [6.07, 6.45) is 8.04. The average Bonchev–Trinajstić information content (AvgIpc) is 2.50. The van der Waals surface area contributed by atoms with Crippen molar-refractivity contribution in [2.75, 3.05) is 0 Å². The second-order valence-electron chi connectivity index (χ2n) is 5.06. The van der Waals surface area contributed by atoms with Crippen molar-refractivity contribution >= 4 is 0 Å². The fraction of sp³-hybridized carbons (Fsp3) is 0.263. The maximum atomic E-state index is 6.45. The molecule has 0 bridgehead atoms. The van der Waals surface area contributed by atoms with Crippen molar-refractivity contribution in [2.24, 2.45) is 5.73 Å². The van der Waals surface area contributed by atoms with E-state index in [1.165, 1.54) is 11.1 Å². The third kappa shape index (κ3) is 3.73. The lowest BCUT2D eigenvalue weighted by atomic mass is 9.83. The Morgan fingerprint density at radius 2 is 1.40 bits per heavy atom. The van der Waals surface area contributed by atoms with Gasteiger partial charge in [-0.25, -0.2) is 0 Å². The van der Waals surface area contributed by atoms with E-state index in [0.717, 1.165) is 19.3 Å². The zero-order chi connectivity index (χ0) is 14.2. The van der Waals surface area contributed by atoms with Gasteiger partial charge in [-0.1, -0.05) is 60.7 Å².